The second kappa shape index (κ2) is 15.0. The van der Waals surface area contributed by atoms with Crippen LogP contribution >= 0.6 is 0 Å². The molecule has 2 aliphatic carbocycles. The second-order valence-corrected chi connectivity index (χ2v) is 16.5. The summed E-state index contributed by atoms with van der Waals surface area (Å²) >= 11 is 0. The van der Waals surface area contributed by atoms with Gasteiger partial charge < -0.3 is 0 Å². The fourth-order valence-corrected chi connectivity index (χ4v) is 10.3. The predicted octanol–water partition coefficient (Wildman–Crippen LogP) is 12.2. The molecule has 0 N–H and O–H groups in total. The zero-order valence-corrected chi connectivity index (χ0v) is 32.5. The van der Waals surface area contributed by atoms with Crippen molar-refractivity contribution in [1.29, 1.82) is 0 Å². The normalized spacial score (nSPS) is 17.8. The van der Waals surface area contributed by atoms with Crippen LogP contribution in [0.4, 0.5) is 0 Å². The molecule has 2 amide bonds. The first kappa shape index (κ1) is 35.8. The molecule has 0 saturated carbocycles. The van der Waals surface area contributed by atoms with Crippen molar-refractivity contribution in [2.45, 2.75) is 134 Å². The molecule has 55 heavy (non-hydrogen) atoms. The van der Waals surface area contributed by atoms with Gasteiger partial charge in [0, 0.05) is 17.2 Å². The Morgan fingerprint density at radius 3 is 1.75 bits per heavy atom. The highest BCUT2D eigenvalue weighted by Crippen LogP contribution is 2.51. The van der Waals surface area contributed by atoms with Crippen molar-refractivity contribution in [3.63, 3.8) is 0 Å². The number of allylic oxidation sites excluding steroid dienone is 1. The van der Waals surface area contributed by atoms with Crippen LogP contribution in [0, 0.1) is 0 Å². The molecule has 5 aromatic rings. The Balaban J connectivity index is 1.07. The van der Waals surface area contributed by atoms with E-state index in [2.05, 4.69) is 44.2 Å². The van der Waals surface area contributed by atoms with Crippen LogP contribution in [0.5, 0.6) is 0 Å². The number of hydrogen-bond donors (Lipinski definition) is 0. The number of fused-ring (bicyclic) bond motifs is 6. The lowest BCUT2D eigenvalue weighted by Crippen LogP contribution is -2.50. The summed E-state index contributed by atoms with van der Waals surface area (Å²) in [6.45, 7) is 4.50. The topological polar surface area (TPSA) is 72.3 Å². The average molecular weight is 732 g/mol. The van der Waals surface area contributed by atoms with Crippen LogP contribution in [0.2, 0.25) is 0 Å². The molecule has 282 valence electrons. The summed E-state index contributed by atoms with van der Waals surface area (Å²) < 4.78 is 1.78. The highest BCUT2D eigenvalue weighted by Gasteiger charge is 2.44. The summed E-state index contributed by atoms with van der Waals surface area (Å²) in [6, 6.07) is 15.9. The molecular formula is C49H53N3O3. The van der Waals surface area contributed by atoms with Crippen molar-refractivity contribution in [2.24, 2.45) is 0 Å². The number of para-hydroxylation sites is 2. The van der Waals surface area contributed by atoms with Gasteiger partial charge in [-0.15, -0.1) is 0 Å². The molecule has 0 bridgehead atoms. The van der Waals surface area contributed by atoms with Crippen molar-refractivity contribution in [2.75, 3.05) is 0 Å². The van der Waals surface area contributed by atoms with Crippen LogP contribution in [0.3, 0.4) is 0 Å². The van der Waals surface area contributed by atoms with Crippen molar-refractivity contribution < 1.29 is 14.4 Å². The molecule has 2 atom stereocenters. The Bertz CT molecular complexity index is 2400. The summed E-state index contributed by atoms with van der Waals surface area (Å²) in [4.78, 5) is 50.2. The summed E-state index contributed by atoms with van der Waals surface area (Å²) in [7, 11) is 0. The number of hydrogen-bond acceptors (Lipinski definition) is 4. The van der Waals surface area contributed by atoms with Crippen LogP contribution in [0.25, 0.3) is 44.7 Å². The molecule has 3 heterocycles. The minimum Gasteiger partial charge on any atom is -0.275 e. The van der Waals surface area contributed by atoms with E-state index in [1.807, 2.05) is 42.5 Å². The molecule has 4 aromatic carbocycles. The van der Waals surface area contributed by atoms with Crippen LogP contribution in [0.1, 0.15) is 177 Å². The first-order valence-corrected chi connectivity index (χ1v) is 21.4. The van der Waals surface area contributed by atoms with E-state index in [1.54, 1.807) is 9.47 Å². The summed E-state index contributed by atoms with van der Waals surface area (Å²) in [5.41, 5.74) is 6.96. The fourth-order valence-electron chi connectivity index (χ4n) is 10.3. The molecule has 4 aliphatic rings. The number of imidazole rings is 1. The van der Waals surface area contributed by atoms with Gasteiger partial charge in [0.05, 0.1) is 22.9 Å². The lowest BCUT2D eigenvalue weighted by Gasteiger charge is -2.39. The highest BCUT2D eigenvalue weighted by molar-refractivity contribution is 6.25. The Hall–Kier alpha value is -4.84. The molecule has 0 saturated heterocycles. The van der Waals surface area contributed by atoms with Crippen molar-refractivity contribution in [3.05, 3.63) is 99.9 Å². The van der Waals surface area contributed by atoms with Gasteiger partial charge in [0.2, 0.25) is 5.91 Å². The lowest BCUT2D eigenvalue weighted by molar-refractivity contribution is -0.131. The number of rotatable bonds is 17. The maximum Gasteiger partial charge on any atom is 0.264 e. The minimum absolute atomic E-state index is 0.0493. The number of benzene rings is 4. The Labute approximate surface area is 324 Å². The predicted molar refractivity (Wildman–Crippen MR) is 224 cm³/mol. The third-order valence-corrected chi connectivity index (χ3v) is 13.0. The molecule has 0 fully saturated rings. The fraction of sp³-hybridized carbons (Fsp3) is 0.429. The Morgan fingerprint density at radius 1 is 0.600 bits per heavy atom. The van der Waals surface area contributed by atoms with Crippen LogP contribution in [0.15, 0.2) is 60.7 Å². The highest BCUT2D eigenvalue weighted by atomic mass is 16.2. The van der Waals surface area contributed by atoms with E-state index < -0.39 is 5.92 Å². The molecule has 2 unspecified atom stereocenters. The standard InChI is InChI=1S/C49H53N3O3/c1-3-5-7-9-11-13-15-19-31(20-16-14-12-10-8-6-4-2)51-47(53)38-29-25-34-32-23-27-36-44-37(49(55)52-41-22-18-17-21-40(41)50-46(36)52)28-24-33(42(32)44)35-26-30-39(48(51)54)45(38)43(34)35/h17-18,21-31,36,38H,3-16,19-20H2,1-2H3. The second-order valence-electron chi connectivity index (χ2n) is 16.5. The molecule has 6 heteroatoms. The number of carbonyl (C=O) groups excluding carboxylic acids is 3. The average Bonchev–Trinajstić information content (AvgIpc) is 3.60. The molecule has 2 aliphatic heterocycles. The third-order valence-electron chi connectivity index (χ3n) is 13.0. The molecule has 1 aromatic heterocycles. The van der Waals surface area contributed by atoms with Gasteiger partial charge in [-0.1, -0.05) is 152 Å². The lowest BCUT2D eigenvalue weighted by atomic mass is 9.73. The Kier molecular flexibility index (Phi) is 9.78. The maximum atomic E-state index is 14.7. The van der Waals surface area contributed by atoms with Gasteiger partial charge >= 0.3 is 0 Å². The van der Waals surface area contributed by atoms with Gasteiger partial charge in [0.25, 0.3) is 11.8 Å². The van der Waals surface area contributed by atoms with E-state index in [1.165, 1.54) is 64.2 Å². The number of amides is 2. The number of carbonyl (C=O) groups is 3. The zero-order valence-electron chi connectivity index (χ0n) is 32.5. The van der Waals surface area contributed by atoms with Crippen molar-refractivity contribution in [3.8, 4) is 0 Å². The van der Waals surface area contributed by atoms with Crippen molar-refractivity contribution >= 4 is 62.5 Å². The number of aromatic nitrogens is 2. The number of unbranched alkanes of at least 4 members (excludes halogenated alkanes) is 12. The van der Waals surface area contributed by atoms with Gasteiger partial charge in [-0.2, -0.15) is 0 Å². The van der Waals surface area contributed by atoms with Crippen LogP contribution in [-0.4, -0.2) is 38.2 Å². The number of imide groups is 1. The summed E-state index contributed by atoms with van der Waals surface area (Å²) in [5.74, 6) is -0.135. The van der Waals surface area contributed by atoms with Gasteiger partial charge in [-0.25, -0.2) is 4.98 Å². The van der Waals surface area contributed by atoms with E-state index in [0.29, 0.717) is 11.1 Å². The van der Waals surface area contributed by atoms with E-state index in [9.17, 15) is 14.4 Å². The monoisotopic (exact) mass is 731 g/mol. The van der Waals surface area contributed by atoms with E-state index >= 15 is 0 Å². The van der Waals surface area contributed by atoms with E-state index in [-0.39, 0.29) is 29.7 Å². The van der Waals surface area contributed by atoms with Gasteiger partial charge in [-0.3, -0.25) is 23.9 Å². The smallest absolute Gasteiger partial charge is 0.264 e. The maximum absolute atomic E-state index is 14.7. The molecular weight excluding hydrogens is 679 g/mol. The summed E-state index contributed by atoms with van der Waals surface area (Å²) in [5, 5.41) is 4.15. The van der Waals surface area contributed by atoms with Crippen molar-refractivity contribution in [1.82, 2.24) is 14.5 Å². The van der Waals surface area contributed by atoms with E-state index in [4.69, 9.17) is 4.98 Å². The molecule has 0 spiro atoms. The number of nitrogens with zero attached hydrogens (tertiary/aromatic N) is 3. The largest absolute Gasteiger partial charge is 0.275 e. The quantitative estimate of drug-likeness (QED) is 0.0542. The summed E-state index contributed by atoms with van der Waals surface area (Å²) in [6.07, 6.45) is 27.3. The zero-order chi connectivity index (χ0) is 37.6. The Morgan fingerprint density at radius 2 is 1.13 bits per heavy atom. The van der Waals surface area contributed by atoms with Crippen LogP contribution in [-0.2, 0) is 4.79 Å². The van der Waals surface area contributed by atoms with Gasteiger partial charge in [0.15, 0.2) is 0 Å². The molecule has 6 nitrogen and oxygen atoms in total. The van der Waals surface area contributed by atoms with Crippen LogP contribution < -0.4 is 0 Å². The molecule has 9 rings (SSSR count). The molecule has 0 radical (unpaired) electrons. The minimum atomic E-state index is -0.487. The SMILES string of the molecule is CCCCCCCCCC(CCCCCCCCC)N1C(=O)c2ccc3c4c(c5c6c7c(ccc63)C(=O)n3c(nc6ccccc63)C7C=C5)C=CC(C1=O)c24. The van der Waals surface area contributed by atoms with E-state index in [0.717, 1.165) is 99.2 Å². The first-order valence-electron chi connectivity index (χ1n) is 21.4. The first-order chi connectivity index (χ1) is 27.0. The van der Waals surface area contributed by atoms with Gasteiger partial charge in [0.1, 0.15) is 5.82 Å². The van der Waals surface area contributed by atoms with Gasteiger partial charge in [-0.05, 0) is 80.9 Å². The third kappa shape index (κ3) is 5.90.